The van der Waals surface area contributed by atoms with Crippen molar-refractivity contribution in [1.82, 2.24) is 10.3 Å². The van der Waals surface area contributed by atoms with Gasteiger partial charge in [-0.1, -0.05) is 12.1 Å². The molecule has 1 aromatic heterocycles. The van der Waals surface area contributed by atoms with E-state index in [9.17, 15) is 26.4 Å². The van der Waals surface area contributed by atoms with Gasteiger partial charge in [-0.25, -0.2) is 0 Å². The second-order valence-electron chi connectivity index (χ2n) is 4.99. The van der Waals surface area contributed by atoms with Crippen LogP contribution in [0.4, 0.5) is 13.2 Å². The summed E-state index contributed by atoms with van der Waals surface area (Å²) in [5, 5.41) is 2.69. The maximum absolute atomic E-state index is 12.3. The Balaban J connectivity index is 2.06. The maximum Gasteiger partial charge on any atom is 0.534 e. The lowest BCUT2D eigenvalue weighted by molar-refractivity contribution is -0.0500. The summed E-state index contributed by atoms with van der Waals surface area (Å²) in [6, 6.07) is 7.57. The number of pyridine rings is 1. The third kappa shape index (κ3) is 4.69. The van der Waals surface area contributed by atoms with E-state index in [2.05, 4.69) is 14.5 Å². The lowest BCUT2D eigenvalue weighted by atomic mass is 10.1. The number of amides is 1. The number of nitrogens with one attached hydrogen (secondary N) is 1. The molecule has 0 aliphatic heterocycles. The Morgan fingerprint density at radius 3 is 2.36 bits per heavy atom. The van der Waals surface area contributed by atoms with Crippen LogP contribution in [-0.4, -0.2) is 24.8 Å². The van der Waals surface area contributed by atoms with E-state index in [-0.39, 0.29) is 5.91 Å². The monoisotopic (exact) mass is 374 g/mol. The zero-order chi connectivity index (χ0) is 18.7. The average Bonchev–Trinajstić information content (AvgIpc) is 2.55. The lowest BCUT2D eigenvalue weighted by Gasteiger charge is -2.15. The summed E-state index contributed by atoms with van der Waals surface area (Å²) < 4.78 is 62.7. The number of carbonyl (C=O) groups excluding carboxylic acids is 1. The van der Waals surface area contributed by atoms with Gasteiger partial charge >= 0.3 is 15.6 Å². The summed E-state index contributed by atoms with van der Waals surface area (Å²) in [7, 11) is -5.72. The second kappa shape index (κ2) is 7.09. The molecule has 0 bridgehead atoms. The summed E-state index contributed by atoms with van der Waals surface area (Å²) in [6.07, 6.45) is 2.91. The molecule has 1 atom stereocenters. The molecular formula is C15H13F3N2O4S. The Morgan fingerprint density at radius 1 is 1.20 bits per heavy atom. The molecule has 0 spiro atoms. The molecular weight excluding hydrogens is 361 g/mol. The predicted molar refractivity (Wildman–Crippen MR) is 82.2 cm³/mol. The van der Waals surface area contributed by atoms with Crippen LogP contribution in [0.1, 0.15) is 28.9 Å². The van der Waals surface area contributed by atoms with Gasteiger partial charge in [0.1, 0.15) is 5.75 Å². The van der Waals surface area contributed by atoms with Gasteiger partial charge in [-0.15, -0.1) is 0 Å². The van der Waals surface area contributed by atoms with Crippen molar-refractivity contribution in [3.63, 3.8) is 0 Å². The number of nitrogens with zero attached hydrogens (tertiary/aromatic N) is 1. The van der Waals surface area contributed by atoms with Crippen molar-refractivity contribution in [3.8, 4) is 5.75 Å². The number of alkyl halides is 3. The lowest BCUT2D eigenvalue weighted by Crippen LogP contribution is -2.28. The van der Waals surface area contributed by atoms with Gasteiger partial charge in [0, 0.05) is 12.4 Å². The highest BCUT2D eigenvalue weighted by molar-refractivity contribution is 7.88. The quantitative estimate of drug-likeness (QED) is 0.643. The zero-order valence-electron chi connectivity index (χ0n) is 12.8. The van der Waals surface area contributed by atoms with E-state index in [0.717, 1.165) is 12.1 Å². The van der Waals surface area contributed by atoms with Gasteiger partial charge in [0.05, 0.1) is 11.6 Å². The van der Waals surface area contributed by atoms with Crippen LogP contribution in [0.3, 0.4) is 0 Å². The van der Waals surface area contributed by atoms with E-state index in [0.29, 0.717) is 11.1 Å². The van der Waals surface area contributed by atoms with Gasteiger partial charge in [0.15, 0.2) is 0 Å². The Labute approximate surface area is 141 Å². The van der Waals surface area contributed by atoms with Gasteiger partial charge in [-0.2, -0.15) is 21.6 Å². The highest BCUT2D eigenvalue weighted by Gasteiger charge is 2.48. The number of halogens is 3. The Bertz CT molecular complexity index is 837. The van der Waals surface area contributed by atoms with E-state index in [1.807, 2.05) is 0 Å². The first-order valence-corrected chi connectivity index (χ1v) is 8.32. The van der Waals surface area contributed by atoms with Gasteiger partial charge in [-0.3, -0.25) is 9.78 Å². The molecule has 1 aromatic carbocycles. The number of hydrogen-bond acceptors (Lipinski definition) is 5. The Kier molecular flexibility index (Phi) is 5.31. The third-order valence-electron chi connectivity index (χ3n) is 3.14. The highest BCUT2D eigenvalue weighted by Crippen LogP contribution is 2.27. The molecule has 2 aromatic rings. The van der Waals surface area contributed by atoms with Crippen molar-refractivity contribution >= 4 is 16.0 Å². The SMILES string of the molecule is C[C@@H](NC(=O)c1cccnc1)c1ccc(OS(=O)(=O)C(F)(F)F)cc1. The van der Waals surface area contributed by atoms with Crippen LogP contribution < -0.4 is 9.50 Å². The van der Waals surface area contributed by atoms with E-state index in [1.165, 1.54) is 24.5 Å². The summed E-state index contributed by atoms with van der Waals surface area (Å²) in [6.45, 7) is 1.66. The van der Waals surface area contributed by atoms with Crippen LogP contribution >= 0.6 is 0 Å². The molecule has 1 N–H and O–H groups in total. The Hall–Kier alpha value is -2.62. The molecule has 1 heterocycles. The van der Waals surface area contributed by atoms with Crippen molar-refractivity contribution in [1.29, 1.82) is 0 Å². The van der Waals surface area contributed by atoms with Gasteiger partial charge in [0.2, 0.25) is 0 Å². The number of aromatic nitrogens is 1. The summed E-state index contributed by atoms with van der Waals surface area (Å²) >= 11 is 0. The summed E-state index contributed by atoms with van der Waals surface area (Å²) in [4.78, 5) is 15.8. The van der Waals surface area contributed by atoms with E-state index < -0.39 is 27.4 Å². The van der Waals surface area contributed by atoms with Crippen LogP contribution in [0.5, 0.6) is 5.75 Å². The van der Waals surface area contributed by atoms with E-state index in [1.54, 1.807) is 19.1 Å². The first kappa shape index (κ1) is 18.7. The molecule has 134 valence electrons. The third-order valence-corrected chi connectivity index (χ3v) is 4.12. The molecule has 2 rings (SSSR count). The number of rotatable bonds is 5. The molecule has 0 aliphatic rings. The molecule has 0 radical (unpaired) electrons. The van der Waals surface area contributed by atoms with Gasteiger partial charge in [-0.05, 0) is 36.8 Å². The number of carbonyl (C=O) groups is 1. The van der Waals surface area contributed by atoms with Crippen LogP contribution in [0.2, 0.25) is 0 Å². The smallest absolute Gasteiger partial charge is 0.376 e. The summed E-state index contributed by atoms with van der Waals surface area (Å²) in [5.41, 5.74) is -4.60. The predicted octanol–water partition coefficient (Wildman–Crippen LogP) is 2.80. The Morgan fingerprint density at radius 2 is 1.84 bits per heavy atom. The van der Waals surface area contributed by atoms with Crippen LogP contribution in [0.15, 0.2) is 48.8 Å². The van der Waals surface area contributed by atoms with Crippen LogP contribution in [-0.2, 0) is 10.1 Å². The van der Waals surface area contributed by atoms with Gasteiger partial charge in [0.25, 0.3) is 5.91 Å². The van der Waals surface area contributed by atoms with Crippen LogP contribution in [0, 0.1) is 0 Å². The second-order valence-corrected chi connectivity index (χ2v) is 6.53. The molecule has 6 nitrogen and oxygen atoms in total. The van der Waals surface area contributed by atoms with Gasteiger partial charge < -0.3 is 9.50 Å². The minimum atomic E-state index is -5.72. The largest absolute Gasteiger partial charge is 0.534 e. The average molecular weight is 374 g/mol. The fraction of sp³-hybridized carbons (Fsp3) is 0.200. The fourth-order valence-corrected chi connectivity index (χ4v) is 2.31. The van der Waals surface area contributed by atoms with Crippen molar-refractivity contribution in [2.75, 3.05) is 0 Å². The first-order chi connectivity index (χ1) is 11.6. The molecule has 10 heteroatoms. The minimum absolute atomic E-state index is 0.352. The van der Waals surface area contributed by atoms with Crippen molar-refractivity contribution < 1.29 is 30.6 Å². The van der Waals surface area contributed by atoms with Crippen LogP contribution in [0.25, 0.3) is 0 Å². The standard InChI is InChI=1S/C15H13F3N2O4S/c1-10(20-14(21)12-3-2-8-19-9-12)11-4-6-13(7-5-11)24-25(22,23)15(16,17)18/h2-10H,1H3,(H,20,21)/t10-/m1/s1. The topological polar surface area (TPSA) is 85.4 Å². The summed E-state index contributed by atoms with van der Waals surface area (Å²) in [5.74, 6) is -0.854. The van der Waals surface area contributed by atoms with Crippen molar-refractivity contribution in [2.45, 2.75) is 18.5 Å². The molecule has 1 amide bonds. The first-order valence-electron chi connectivity index (χ1n) is 6.92. The highest BCUT2D eigenvalue weighted by atomic mass is 32.2. The molecule has 0 saturated carbocycles. The molecule has 0 aliphatic carbocycles. The fourth-order valence-electron chi connectivity index (χ4n) is 1.85. The molecule has 0 unspecified atom stereocenters. The number of hydrogen-bond donors (Lipinski definition) is 1. The zero-order valence-corrected chi connectivity index (χ0v) is 13.6. The van der Waals surface area contributed by atoms with E-state index >= 15 is 0 Å². The normalized spacial score (nSPS) is 13.1. The molecule has 25 heavy (non-hydrogen) atoms. The van der Waals surface area contributed by atoms with Crippen molar-refractivity contribution in [3.05, 3.63) is 59.9 Å². The molecule has 0 fully saturated rings. The van der Waals surface area contributed by atoms with Crippen molar-refractivity contribution in [2.24, 2.45) is 0 Å². The van der Waals surface area contributed by atoms with E-state index in [4.69, 9.17) is 0 Å². The molecule has 0 saturated heterocycles. The minimum Gasteiger partial charge on any atom is -0.376 e. The number of benzene rings is 1. The maximum atomic E-state index is 12.3.